The van der Waals surface area contributed by atoms with Crippen LogP contribution in [0.1, 0.15) is 21.6 Å². The van der Waals surface area contributed by atoms with E-state index in [1.807, 2.05) is 4.57 Å². The Morgan fingerprint density at radius 2 is 1.94 bits per heavy atom. The Kier molecular flexibility index (Phi) is 2.95. The topological polar surface area (TPSA) is 42.2 Å². The molecule has 1 aromatic heterocycles. The summed E-state index contributed by atoms with van der Waals surface area (Å²) in [6.07, 6.45) is 1.72. The number of carboxylic acids is 1. The Morgan fingerprint density at radius 3 is 2.47 bits per heavy atom. The average Bonchev–Trinajstić information content (AvgIpc) is 2.64. The van der Waals surface area contributed by atoms with Gasteiger partial charge in [-0.05, 0) is 30.7 Å². The summed E-state index contributed by atoms with van der Waals surface area (Å²) in [5, 5.41) is 8.92. The first kappa shape index (κ1) is 11.4. The van der Waals surface area contributed by atoms with Gasteiger partial charge in [0.2, 0.25) is 0 Å². The number of halogens is 1. The van der Waals surface area contributed by atoms with Crippen LogP contribution < -0.4 is 0 Å². The SMILES string of the molecule is Cc1c(C(=O)O)ccn1Cc1ccc(F)cc1. The number of rotatable bonds is 3. The first-order valence-electron chi connectivity index (χ1n) is 5.21. The molecule has 3 nitrogen and oxygen atoms in total. The molecule has 0 atom stereocenters. The monoisotopic (exact) mass is 233 g/mol. The van der Waals surface area contributed by atoms with Crippen LogP contribution in [0.2, 0.25) is 0 Å². The minimum Gasteiger partial charge on any atom is -0.478 e. The van der Waals surface area contributed by atoms with E-state index >= 15 is 0 Å². The first-order valence-corrected chi connectivity index (χ1v) is 5.21. The molecule has 0 radical (unpaired) electrons. The summed E-state index contributed by atoms with van der Waals surface area (Å²) in [7, 11) is 0. The summed E-state index contributed by atoms with van der Waals surface area (Å²) in [5.41, 5.74) is 1.93. The molecule has 4 heteroatoms. The Labute approximate surface area is 98.1 Å². The molecule has 0 spiro atoms. The molecule has 0 amide bonds. The van der Waals surface area contributed by atoms with Crippen molar-refractivity contribution in [3.63, 3.8) is 0 Å². The smallest absolute Gasteiger partial charge is 0.337 e. The minimum atomic E-state index is -0.930. The maximum Gasteiger partial charge on any atom is 0.337 e. The number of hydrogen-bond acceptors (Lipinski definition) is 1. The molecule has 88 valence electrons. The van der Waals surface area contributed by atoms with Crippen LogP contribution in [0, 0.1) is 12.7 Å². The van der Waals surface area contributed by atoms with Crippen LogP contribution in [0.25, 0.3) is 0 Å². The third-order valence-corrected chi connectivity index (χ3v) is 2.74. The van der Waals surface area contributed by atoms with Crippen LogP contribution in [0.15, 0.2) is 36.5 Å². The summed E-state index contributed by atoms with van der Waals surface area (Å²) in [6, 6.07) is 7.74. The van der Waals surface area contributed by atoms with Crippen molar-refractivity contribution >= 4 is 5.97 Å². The highest BCUT2D eigenvalue weighted by Crippen LogP contribution is 2.13. The summed E-state index contributed by atoms with van der Waals surface area (Å²) >= 11 is 0. The van der Waals surface area contributed by atoms with Gasteiger partial charge in [-0.3, -0.25) is 0 Å². The fourth-order valence-corrected chi connectivity index (χ4v) is 1.74. The molecule has 0 fully saturated rings. The maximum absolute atomic E-state index is 12.7. The molecular formula is C13H12FNO2. The summed E-state index contributed by atoms with van der Waals surface area (Å²) < 4.78 is 14.6. The van der Waals surface area contributed by atoms with E-state index in [2.05, 4.69) is 0 Å². The molecule has 0 saturated heterocycles. The van der Waals surface area contributed by atoms with Crippen LogP contribution in [0.4, 0.5) is 4.39 Å². The third kappa shape index (κ3) is 2.36. The van der Waals surface area contributed by atoms with E-state index in [1.54, 1.807) is 31.3 Å². The van der Waals surface area contributed by atoms with Crippen LogP contribution in [-0.4, -0.2) is 15.6 Å². The maximum atomic E-state index is 12.7. The second-order valence-electron chi connectivity index (χ2n) is 3.87. The number of benzene rings is 1. The third-order valence-electron chi connectivity index (χ3n) is 2.74. The lowest BCUT2D eigenvalue weighted by Gasteiger charge is -2.06. The van der Waals surface area contributed by atoms with Gasteiger partial charge in [-0.2, -0.15) is 0 Å². The summed E-state index contributed by atoms with van der Waals surface area (Å²) in [5.74, 6) is -1.20. The van der Waals surface area contributed by atoms with Gasteiger partial charge in [0.15, 0.2) is 0 Å². The molecule has 0 saturated carbocycles. The Balaban J connectivity index is 2.24. The molecule has 1 N–H and O–H groups in total. The van der Waals surface area contributed by atoms with Gasteiger partial charge < -0.3 is 9.67 Å². The largest absolute Gasteiger partial charge is 0.478 e. The zero-order valence-corrected chi connectivity index (χ0v) is 9.35. The lowest BCUT2D eigenvalue weighted by atomic mass is 10.2. The first-order chi connectivity index (χ1) is 8.08. The highest BCUT2D eigenvalue weighted by molar-refractivity contribution is 5.88. The Hall–Kier alpha value is -2.10. The van der Waals surface area contributed by atoms with Crippen LogP contribution >= 0.6 is 0 Å². The number of aromatic nitrogens is 1. The lowest BCUT2D eigenvalue weighted by Crippen LogP contribution is -2.04. The number of hydrogen-bond donors (Lipinski definition) is 1. The zero-order chi connectivity index (χ0) is 12.4. The molecule has 0 bridgehead atoms. The van der Waals surface area contributed by atoms with Crippen molar-refractivity contribution in [1.29, 1.82) is 0 Å². The van der Waals surface area contributed by atoms with Gasteiger partial charge in [-0.15, -0.1) is 0 Å². The molecule has 0 aliphatic heterocycles. The quantitative estimate of drug-likeness (QED) is 0.885. The van der Waals surface area contributed by atoms with Gasteiger partial charge in [0.05, 0.1) is 5.56 Å². The van der Waals surface area contributed by atoms with Gasteiger partial charge in [0.25, 0.3) is 0 Å². The van der Waals surface area contributed by atoms with Crippen molar-refractivity contribution in [1.82, 2.24) is 4.57 Å². The number of aromatic carboxylic acids is 1. The van der Waals surface area contributed by atoms with E-state index in [0.717, 1.165) is 5.56 Å². The van der Waals surface area contributed by atoms with Gasteiger partial charge in [-0.1, -0.05) is 12.1 Å². The highest BCUT2D eigenvalue weighted by atomic mass is 19.1. The van der Waals surface area contributed by atoms with Gasteiger partial charge in [0.1, 0.15) is 5.82 Å². The molecule has 17 heavy (non-hydrogen) atoms. The van der Waals surface area contributed by atoms with Crippen LogP contribution in [-0.2, 0) is 6.54 Å². The predicted molar refractivity (Wildman–Crippen MR) is 61.6 cm³/mol. The zero-order valence-electron chi connectivity index (χ0n) is 9.35. The normalized spacial score (nSPS) is 10.5. The predicted octanol–water partition coefficient (Wildman–Crippen LogP) is 2.68. The van der Waals surface area contributed by atoms with E-state index < -0.39 is 5.97 Å². The van der Waals surface area contributed by atoms with Crippen molar-refractivity contribution in [2.75, 3.05) is 0 Å². The van der Waals surface area contributed by atoms with Crippen molar-refractivity contribution in [3.8, 4) is 0 Å². The number of carboxylic acid groups (broad SMARTS) is 1. The second kappa shape index (κ2) is 4.41. The van der Waals surface area contributed by atoms with Crippen molar-refractivity contribution in [2.24, 2.45) is 0 Å². The van der Waals surface area contributed by atoms with Crippen LogP contribution in [0.5, 0.6) is 0 Å². The molecular weight excluding hydrogens is 221 g/mol. The molecule has 1 heterocycles. The van der Waals surface area contributed by atoms with E-state index in [9.17, 15) is 9.18 Å². The van der Waals surface area contributed by atoms with E-state index in [0.29, 0.717) is 17.8 Å². The highest BCUT2D eigenvalue weighted by Gasteiger charge is 2.10. The summed E-state index contributed by atoms with van der Waals surface area (Å²) in [6.45, 7) is 2.30. The van der Waals surface area contributed by atoms with Gasteiger partial charge in [-0.25, -0.2) is 9.18 Å². The Morgan fingerprint density at radius 1 is 1.29 bits per heavy atom. The summed E-state index contributed by atoms with van der Waals surface area (Å²) in [4.78, 5) is 10.9. The van der Waals surface area contributed by atoms with Crippen molar-refractivity contribution < 1.29 is 14.3 Å². The van der Waals surface area contributed by atoms with Crippen LogP contribution in [0.3, 0.4) is 0 Å². The van der Waals surface area contributed by atoms with E-state index in [-0.39, 0.29) is 5.82 Å². The second-order valence-corrected chi connectivity index (χ2v) is 3.87. The molecule has 0 aliphatic carbocycles. The van der Waals surface area contributed by atoms with E-state index in [1.165, 1.54) is 12.1 Å². The molecule has 2 aromatic rings. The average molecular weight is 233 g/mol. The standard InChI is InChI=1S/C13H12FNO2/c1-9-12(13(16)17)6-7-15(9)8-10-2-4-11(14)5-3-10/h2-7H,8H2,1H3,(H,16,17). The fraction of sp³-hybridized carbons (Fsp3) is 0.154. The van der Waals surface area contributed by atoms with Crippen molar-refractivity contribution in [2.45, 2.75) is 13.5 Å². The Bertz CT molecular complexity index is 543. The van der Waals surface area contributed by atoms with Gasteiger partial charge >= 0.3 is 5.97 Å². The van der Waals surface area contributed by atoms with Gasteiger partial charge in [0, 0.05) is 18.4 Å². The van der Waals surface area contributed by atoms with E-state index in [4.69, 9.17) is 5.11 Å². The molecule has 0 aliphatic rings. The molecule has 1 aromatic carbocycles. The lowest BCUT2D eigenvalue weighted by molar-refractivity contribution is 0.0696. The fourth-order valence-electron chi connectivity index (χ4n) is 1.74. The number of nitrogens with zero attached hydrogens (tertiary/aromatic N) is 1. The number of carbonyl (C=O) groups is 1. The minimum absolute atomic E-state index is 0.274. The molecule has 0 unspecified atom stereocenters. The van der Waals surface area contributed by atoms with Crippen molar-refractivity contribution in [3.05, 3.63) is 59.2 Å². The molecule has 2 rings (SSSR count).